The predicted molar refractivity (Wildman–Crippen MR) is 65.3 cm³/mol. The van der Waals surface area contributed by atoms with Gasteiger partial charge in [-0.05, 0) is 44.4 Å². The van der Waals surface area contributed by atoms with Gasteiger partial charge in [0.05, 0.1) is 11.7 Å². The van der Waals surface area contributed by atoms with E-state index in [0.29, 0.717) is 5.92 Å². The van der Waals surface area contributed by atoms with Crippen molar-refractivity contribution in [3.8, 4) is 0 Å². The van der Waals surface area contributed by atoms with Gasteiger partial charge in [-0.2, -0.15) is 0 Å². The molecule has 0 aromatic carbocycles. The molecule has 0 aromatic rings. The van der Waals surface area contributed by atoms with Crippen LogP contribution in [0.1, 0.15) is 58.8 Å². The molecule has 2 fully saturated rings. The first-order valence-corrected chi connectivity index (χ1v) is 6.97. The average Bonchev–Trinajstić information content (AvgIpc) is 2.77. The van der Waals surface area contributed by atoms with Crippen molar-refractivity contribution >= 4 is 0 Å². The van der Waals surface area contributed by atoms with E-state index in [-0.39, 0.29) is 11.7 Å². The van der Waals surface area contributed by atoms with Crippen LogP contribution >= 0.6 is 0 Å². The van der Waals surface area contributed by atoms with E-state index in [1.165, 1.54) is 32.1 Å². The van der Waals surface area contributed by atoms with E-state index in [1.54, 1.807) is 0 Å². The first kappa shape index (κ1) is 12.4. The van der Waals surface area contributed by atoms with Crippen molar-refractivity contribution in [3.05, 3.63) is 0 Å². The van der Waals surface area contributed by atoms with Crippen molar-refractivity contribution in [1.29, 1.82) is 0 Å². The van der Waals surface area contributed by atoms with E-state index in [2.05, 4.69) is 13.8 Å². The summed E-state index contributed by atoms with van der Waals surface area (Å²) in [5.74, 6) is 1.38. The molecule has 2 atom stereocenters. The highest BCUT2D eigenvalue weighted by Crippen LogP contribution is 2.39. The highest BCUT2D eigenvalue weighted by molar-refractivity contribution is 4.92. The fourth-order valence-corrected chi connectivity index (χ4v) is 3.44. The van der Waals surface area contributed by atoms with Crippen molar-refractivity contribution in [1.82, 2.24) is 0 Å². The summed E-state index contributed by atoms with van der Waals surface area (Å²) < 4.78 is 5.76. The van der Waals surface area contributed by atoms with Crippen LogP contribution in [0.2, 0.25) is 0 Å². The molecule has 1 aliphatic heterocycles. The fraction of sp³-hybridized carbons (Fsp3) is 1.00. The lowest BCUT2D eigenvalue weighted by molar-refractivity contribution is -0.108. The number of aliphatic hydroxyl groups is 1. The lowest BCUT2D eigenvalue weighted by atomic mass is 9.74. The van der Waals surface area contributed by atoms with Crippen LogP contribution in [0, 0.1) is 11.8 Å². The first-order chi connectivity index (χ1) is 7.65. The summed E-state index contributed by atoms with van der Waals surface area (Å²) in [6, 6.07) is 0. The van der Waals surface area contributed by atoms with Gasteiger partial charge in [0.2, 0.25) is 0 Å². The van der Waals surface area contributed by atoms with Crippen molar-refractivity contribution < 1.29 is 9.84 Å². The van der Waals surface area contributed by atoms with Crippen LogP contribution in [0.4, 0.5) is 0 Å². The van der Waals surface area contributed by atoms with Gasteiger partial charge in [-0.3, -0.25) is 0 Å². The minimum absolute atomic E-state index is 0.243. The molecular formula is C14H26O2. The Kier molecular flexibility index (Phi) is 3.91. The van der Waals surface area contributed by atoms with Gasteiger partial charge in [0.15, 0.2) is 0 Å². The molecule has 0 radical (unpaired) electrons. The van der Waals surface area contributed by atoms with Gasteiger partial charge < -0.3 is 9.84 Å². The smallest absolute Gasteiger partial charge is 0.0915 e. The number of hydrogen-bond acceptors (Lipinski definition) is 2. The van der Waals surface area contributed by atoms with E-state index >= 15 is 0 Å². The molecule has 0 bridgehead atoms. The number of rotatable bonds is 3. The Morgan fingerprint density at radius 1 is 1.31 bits per heavy atom. The molecular weight excluding hydrogens is 200 g/mol. The number of ether oxygens (including phenoxy) is 1. The van der Waals surface area contributed by atoms with Crippen molar-refractivity contribution in [2.24, 2.45) is 11.8 Å². The summed E-state index contributed by atoms with van der Waals surface area (Å²) in [6.07, 6.45) is 8.18. The van der Waals surface area contributed by atoms with Crippen LogP contribution in [0.15, 0.2) is 0 Å². The Hall–Kier alpha value is -0.0800. The predicted octanol–water partition coefficient (Wildman–Crippen LogP) is 3.13. The Labute approximate surface area is 99.4 Å². The van der Waals surface area contributed by atoms with E-state index in [0.717, 1.165) is 25.4 Å². The van der Waals surface area contributed by atoms with Crippen molar-refractivity contribution in [3.63, 3.8) is 0 Å². The standard InChI is InChI=1S/C14H26O2/c1-3-11-5-7-12(8-6-11)13(15)14(2)9-4-10-16-14/h11-13,15H,3-10H2,1-2H3. The molecule has 16 heavy (non-hydrogen) atoms. The normalized spacial score (nSPS) is 42.2. The molecule has 2 unspecified atom stereocenters. The summed E-state index contributed by atoms with van der Waals surface area (Å²) in [4.78, 5) is 0. The molecule has 1 N–H and O–H groups in total. The SMILES string of the molecule is CCC1CCC(C(O)C2(C)CCCO2)CC1. The third-order valence-corrected chi connectivity index (χ3v) is 4.79. The van der Waals surface area contributed by atoms with E-state index in [9.17, 15) is 5.11 Å². The van der Waals surface area contributed by atoms with Gasteiger partial charge in [-0.1, -0.05) is 26.2 Å². The van der Waals surface area contributed by atoms with E-state index in [1.807, 2.05) is 0 Å². The average molecular weight is 226 g/mol. The largest absolute Gasteiger partial charge is 0.390 e. The molecule has 0 amide bonds. The van der Waals surface area contributed by atoms with Gasteiger partial charge >= 0.3 is 0 Å². The van der Waals surface area contributed by atoms with Crippen LogP contribution in [0.5, 0.6) is 0 Å². The van der Waals surface area contributed by atoms with Gasteiger partial charge in [0.25, 0.3) is 0 Å². The molecule has 0 spiro atoms. The zero-order chi connectivity index (χ0) is 11.6. The fourth-order valence-electron chi connectivity index (χ4n) is 3.44. The summed E-state index contributed by atoms with van der Waals surface area (Å²) in [5.41, 5.74) is -0.246. The highest BCUT2D eigenvalue weighted by Gasteiger charge is 2.42. The van der Waals surface area contributed by atoms with Gasteiger partial charge in [0.1, 0.15) is 0 Å². The molecule has 2 rings (SSSR count). The maximum Gasteiger partial charge on any atom is 0.0915 e. The second-order valence-corrected chi connectivity index (χ2v) is 5.90. The van der Waals surface area contributed by atoms with E-state index < -0.39 is 0 Å². The zero-order valence-electron chi connectivity index (χ0n) is 10.7. The van der Waals surface area contributed by atoms with Crippen LogP contribution in [0.3, 0.4) is 0 Å². The molecule has 1 saturated carbocycles. The molecule has 2 heteroatoms. The van der Waals surface area contributed by atoms with Crippen LogP contribution in [-0.2, 0) is 4.74 Å². The Bertz CT molecular complexity index is 213. The summed E-state index contributed by atoms with van der Waals surface area (Å²) in [6.45, 7) is 5.21. The lowest BCUT2D eigenvalue weighted by Crippen LogP contribution is -2.44. The van der Waals surface area contributed by atoms with Crippen LogP contribution in [-0.4, -0.2) is 23.4 Å². The number of aliphatic hydroxyl groups excluding tert-OH is 1. The maximum absolute atomic E-state index is 10.5. The number of hydrogen-bond donors (Lipinski definition) is 1. The van der Waals surface area contributed by atoms with Gasteiger partial charge in [-0.15, -0.1) is 0 Å². The summed E-state index contributed by atoms with van der Waals surface area (Å²) >= 11 is 0. The second kappa shape index (κ2) is 5.05. The Morgan fingerprint density at radius 2 is 2.00 bits per heavy atom. The molecule has 94 valence electrons. The third kappa shape index (κ3) is 2.43. The first-order valence-electron chi connectivity index (χ1n) is 6.97. The molecule has 1 heterocycles. The maximum atomic E-state index is 10.5. The zero-order valence-corrected chi connectivity index (χ0v) is 10.7. The van der Waals surface area contributed by atoms with Gasteiger partial charge in [-0.25, -0.2) is 0 Å². The van der Waals surface area contributed by atoms with Crippen molar-refractivity contribution in [2.75, 3.05) is 6.61 Å². The third-order valence-electron chi connectivity index (χ3n) is 4.79. The molecule has 1 aliphatic carbocycles. The molecule has 2 aliphatic rings. The second-order valence-electron chi connectivity index (χ2n) is 5.90. The molecule has 2 nitrogen and oxygen atoms in total. The van der Waals surface area contributed by atoms with Crippen molar-refractivity contribution in [2.45, 2.75) is 70.5 Å². The van der Waals surface area contributed by atoms with Crippen LogP contribution < -0.4 is 0 Å². The molecule has 0 aromatic heterocycles. The summed E-state index contributed by atoms with van der Waals surface area (Å²) in [7, 11) is 0. The minimum atomic E-state index is -0.246. The van der Waals surface area contributed by atoms with Crippen LogP contribution in [0.25, 0.3) is 0 Å². The monoisotopic (exact) mass is 226 g/mol. The molecule has 1 saturated heterocycles. The Balaban J connectivity index is 1.88. The summed E-state index contributed by atoms with van der Waals surface area (Å²) in [5, 5.41) is 10.5. The lowest BCUT2D eigenvalue weighted by Gasteiger charge is -2.38. The Morgan fingerprint density at radius 3 is 2.50 bits per heavy atom. The minimum Gasteiger partial charge on any atom is -0.390 e. The van der Waals surface area contributed by atoms with Gasteiger partial charge in [0, 0.05) is 6.61 Å². The van der Waals surface area contributed by atoms with E-state index in [4.69, 9.17) is 4.74 Å². The topological polar surface area (TPSA) is 29.5 Å². The highest BCUT2D eigenvalue weighted by atomic mass is 16.5. The quantitative estimate of drug-likeness (QED) is 0.801.